The van der Waals surface area contributed by atoms with Gasteiger partial charge in [-0.15, -0.1) is 0 Å². The van der Waals surface area contributed by atoms with Crippen LogP contribution in [0.4, 0.5) is 0 Å². The number of likely N-dealkylation sites (tertiary alicyclic amines) is 1. The second-order valence-corrected chi connectivity index (χ2v) is 6.49. The third-order valence-electron chi connectivity index (χ3n) is 5.23. The van der Waals surface area contributed by atoms with E-state index in [1.54, 1.807) is 14.2 Å². The van der Waals surface area contributed by atoms with Gasteiger partial charge in [-0.05, 0) is 37.8 Å². The summed E-state index contributed by atoms with van der Waals surface area (Å²) in [5.41, 5.74) is 0.762. The lowest BCUT2D eigenvalue weighted by atomic mass is 9.82. The Morgan fingerprint density at radius 1 is 1.22 bits per heavy atom. The van der Waals surface area contributed by atoms with Crippen LogP contribution in [0.25, 0.3) is 0 Å². The third kappa shape index (κ3) is 3.32. The highest BCUT2D eigenvalue weighted by Crippen LogP contribution is 2.37. The topological polar surface area (TPSA) is 51.2 Å². The number of hydrogen-bond donors (Lipinski definition) is 1. The summed E-state index contributed by atoms with van der Waals surface area (Å²) in [6.45, 7) is 3.40. The molecule has 2 aliphatic rings. The van der Waals surface area contributed by atoms with Gasteiger partial charge >= 0.3 is 0 Å². The molecule has 2 aliphatic heterocycles. The molecule has 0 aromatic heterocycles. The van der Waals surface area contributed by atoms with Crippen molar-refractivity contribution < 1.29 is 19.3 Å². The maximum Gasteiger partial charge on any atom is 0.127 e. The predicted molar refractivity (Wildman–Crippen MR) is 88.0 cm³/mol. The molecule has 3 rings (SSSR count). The van der Waals surface area contributed by atoms with Crippen LogP contribution in [0.2, 0.25) is 0 Å². The first-order valence-corrected chi connectivity index (χ1v) is 8.43. The highest BCUT2D eigenvalue weighted by atomic mass is 16.5. The molecule has 2 saturated heterocycles. The van der Waals surface area contributed by atoms with Crippen LogP contribution >= 0.6 is 0 Å². The van der Waals surface area contributed by atoms with Crippen molar-refractivity contribution in [2.75, 3.05) is 33.9 Å². The van der Waals surface area contributed by atoms with Crippen molar-refractivity contribution in [2.45, 2.75) is 43.9 Å². The minimum Gasteiger partial charge on any atom is -0.496 e. The molecule has 0 amide bonds. The van der Waals surface area contributed by atoms with Crippen molar-refractivity contribution in [3.05, 3.63) is 23.8 Å². The Labute approximate surface area is 138 Å². The fourth-order valence-electron chi connectivity index (χ4n) is 3.79. The molecule has 1 spiro atoms. The molecule has 128 valence electrons. The molecular formula is C18H27NO4. The lowest BCUT2D eigenvalue weighted by molar-refractivity contribution is -0.177. The zero-order chi connectivity index (χ0) is 16.3. The normalized spacial score (nSPS) is 24.6. The van der Waals surface area contributed by atoms with Gasteiger partial charge in [0.25, 0.3) is 0 Å². The number of methoxy groups -OCH3 is 2. The number of hydrogen-bond acceptors (Lipinski definition) is 5. The summed E-state index contributed by atoms with van der Waals surface area (Å²) in [4.78, 5) is 2.39. The first kappa shape index (κ1) is 16.6. The van der Waals surface area contributed by atoms with Crippen molar-refractivity contribution in [3.8, 4) is 11.5 Å². The van der Waals surface area contributed by atoms with E-state index < -0.39 is 0 Å². The smallest absolute Gasteiger partial charge is 0.127 e. The molecule has 1 atom stereocenters. The molecule has 1 aromatic carbocycles. The summed E-state index contributed by atoms with van der Waals surface area (Å²) in [5.74, 6) is 1.72. The fraction of sp³-hybridized carbons (Fsp3) is 0.667. The minimum atomic E-state index is -0.320. The summed E-state index contributed by atoms with van der Waals surface area (Å²) < 4.78 is 17.0. The summed E-state index contributed by atoms with van der Waals surface area (Å²) >= 11 is 0. The van der Waals surface area contributed by atoms with Crippen LogP contribution in [0.3, 0.4) is 0 Å². The van der Waals surface area contributed by atoms with Crippen LogP contribution in [-0.2, 0) is 11.3 Å². The van der Waals surface area contributed by atoms with Crippen molar-refractivity contribution in [1.82, 2.24) is 4.90 Å². The van der Waals surface area contributed by atoms with E-state index in [1.807, 2.05) is 18.2 Å². The molecular weight excluding hydrogens is 294 g/mol. The molecule has 0 radical (unpaired) electrons. The molecule has 0 unspecified atom stereocenters. The summed E-state index contributed by atoms with van der Waals surface area (Å²) in [6.07, 6.45) is 3.27. The summed E-state index contributed by atoms with van der Waals surface area (Å²) in [7, 11) is 3.38. The van der Waals surface area contributed by atoms with Crippen LogP contribution in [-0.4, -0.2) is 55.6 Å². The van der Waals surface area contributed by atoms with E-state index in [1.165, 1.54) is 0 Å². The third-order valence-corrected chi connectivity index (χ3v) is 5.23. The number of ether oxygens (including phenoxy) is 3. The van der Waals surface area contributed by atoms with Gasteiger partial charge in [0.1, 0.15) is 11.5 Å². The first-order chi connectivity index (χ1) is 11.2. The Morgan fingerprint density at radius 2 is 1.87 bits per heavy atom. The number of rotatable bonds is 4. The van der Waals surface area contributed by atoms with E-state index in [-0.39, 0.29) is 11.7 Å². The average Bonchev–Trinajstić information content (AvgIpc) is 2.59. The van der Waals surface area contributed by atoms with Crippen LogP contribution < -0.4 is 9.47 Å². The molecule has 0 bridgehead atoms. The van der Waals surface area contributed by atoms with E-state index in [9.17, 15) is 5.11 Å². The van der Waals surface area contributed by atoms with Gasteiger partial charge in [0.15, 0.2) is 0 Å². The maximum absolute atomic E-state index is 10.3. The molecule has 5 nitrogen and oxygen atoms in total. The second kappa shape index (κ2) is 7.07. The predicted octanol–water partition coefficient (Wildman–Crippen LogP) is 2.21. The molecule has 23 heavy (non-hydrogen) atoms. The van der Waals surface area contributed by atoms with E-state index >= 15 is 0 Å². The van der Waals surface area contributed by atoms with Gasteiger partial charge in [-0.1, -0.05) is 6.07 Å². The van der Waals surface area contributed by atoms with Gasteiger partial charge in [0, 0.05) is 26.2 Å². The Morgan fingerprint density at radius 3 is 2.43 bits per heavy atom. The minimum absolute atomic E-state index is 0.320. The van der Waals surface area contributed by atoms with Crippen molar-refractivity contribution in [1.29, 1.82) is 0 Å². The number of nitrogens with zero attached hydrogens (tertiary/aromatic N) is 1. The molecule has 2 heterocycles. The second-order valence-electron chi connectivity index (χ2n) is 6.49. The Balaban J connectivity index is 1.67. The monoisotopic (exact) mass is 321 g/mol. The Kier molecular flexibility index (Phi) is 5.09. The molecule has 0 aliphatic carbocycles. The zero-order valence-corrected chi connectivity index (χ0v) is 14.1. The standard InChI is InChI=1S/C18H27NO4/c1-21-15-5-3-6-16(22-2)14(15)13-19-10-8-18(9-11-19)17(20)7-4-12-23-18/h3,5-6,17,20H,4,7-13H2,1-2H3/t17-/m0/s1. The van der Waals surface area contributed by atoms with Gasteiger partial charge in [-0.25, -0.2) is 0 Å². The number of benzene rings is 1. The van der Waals surface area contributed by atoms with Crippen LogP contribution in [0, 0.1) is 0 Å². The highest BCUT2D eigenvalue weighted by molar-refractivity contribution is 5.44. The van der Waals surface area contributed by atoms with E-state index in [4.69, 9.17) is 14.2 Å². The van der Waals surface area contributed by atoms with Crippen molar-refractivity contribution >= 4 is 0 Å². The lowest BCUT2D eigenvalue weighted by Crippen LogP contribution is -2.55. The summed E-state index contributed by atoms with van der Waals surface area (Å²) in [5, 5.41) is 10.3. The number of piperidine rings is 1. The SMILES string of the molecule is COc1cccc(OC)c1CN1CCC2(CC1)OCCC[C@@H]2O. The van der Waals surface area contributed by atoms with Gasteiger partial charge in [0.05, 0.1) is 31.5 Å². The largest absolute Gasteiger partial charge is 0.496 e. The number of aliphatic hydroxyl groups excluding tert-OH is 1. The molecule has 1 aromatic rings. The van der Waals surface area contributed by atoms with E-state index in [0.29, 0.717) is 0 Å². The average molecular weight is 321 g/mol. The lowest BCUT2D eigenvalue weighted by Gasteiger charge is -2.46. The Hall–Kier alpha value is -1.30. The van der Waals surface area contributed by atoms with E-state index in [0.717, 1.165) is 69.0 Å². The van der Waals surface area contributed by atoms with Crippen molar-refractivity contribution in [3.63, 3.8) is 0 Å². The van der Waals surface area contributed by atoms with Crippen LogP contribution in [0.5, 0.6) is 11.5 Å². The molecule has 1 N–H and O–H groups in total. The quantitative estimate of drug-likeness (QED) is 0.921. The van der Waals surface area contributed by atoms with Gasteiger partial charge < -0.3 is 19.3 Å². The molecule has 0 saturated carbocycles. The Bertz CT molecular complexity index is 504. The molecule has 2 fully saturated rings. The first-order valence-electron chi connectivity index (χ1n) is 8.43. The van der Waals surface area contributed by atoms with E-state index in [2.05, 4.69) is 4.90 Å². The zero-order valence-electron chi connectivity index (χ0n) is 14.1. The van der Waals surface area contributed by atoms with Crippen molar-refractivity contribution in [2.24, 2.45) is 0 Å². The fourth-order valence-corrected chi connectivity index (χ4v) is 3.79. The van der Waals surface area contributed by atoms with Gasteiger partial charge in [0.2, 0.25) is 0 Å². The van der Waals surface area contributed by atoms with Gasteiger partial charge in [-0.2, -0.15) is 0 Å². The summed E-state index contributed by atoms with van der Waals surface area (Å²) in [6, 6.07) is 5.88. The van der Waals surface area contributed by atoms with Crippen LogP contribution in [0.15, 0.2) is 18.2 Å². The highest BCUT2D eigenvalue weighted by Gasteiger charge is 2.43. The molecule has 5 heteroatoms. The number of aliphatic hydroxyl groups is 1. The van der Waals surface area contributed by atoms with Gasteiger partial charge in [-0.3, -0.25) is 4.90 Å². The maximum atomic E-state index is 10.3. The van der Waals surface area contributed by atoms with Crippen LogP contribution in [0.1, 0.15) is 31.2 Å².